The number of aromatic nitrogens is 2. The van der Waals surface area contributed by atoms with Gasteiger partial charge in [-0.15, -0.1) is 0 Å². The third kappa shape index (κ3) is 7.70. The second-order valence-electron chi connectivity index (χ2n) is 10.1. The Morgan fingerprint density at radius 1 is 1.05 bits per heavy atom. The molecular weight excluding hydrogens is 550 g/mol. The molecular formula is C33H36ClN5O3. The molecule has 1 N–H and O–H groups in total. The van der Waals surface area contributed by atoms with Gasteiger partial charge in [-0.25, -0.2) is 9.97 Å². The van der Waals surface area contributed by atoms with Gasteiger partial charge in [0.1, 0.15) is 0 Å². The van der Waals surface area contributed by atoms with Crippen LogP contribution in [0, 0.1) is 0 Å². The summed E-state index contributed by atoms with van der Waals surface area (Å²) in [7, 11) is 1.76. The Balaban J connectivity index is 1.54. The molecule has 1 aliphatic rings. The van der Waals surface area contributed by atoms with Gasteiger partial charge in [0.25, 0.3) is 5.91 Å². The van der Waals surface area contributed by atoms with Crippen LogP contribution in [-0.4, -0.2) is 71.3 Å². The highest BCUT2D eigenvalue weighted by atomic mass is 35.5. The maximum atomic E-state index is 13.5. The van der Waals surface area contributed by atoms with Crippen molar-refractivity contribution in [2.75, 3.05) is 38.1 Å². The molecule has 4 rings (SSSR count). The molecule has 9 heteroatoms. The number of carboxylic acid groups (broad SMARTS) is 1. The number of anilines is 1. The number of benzene rings is 2. The number of hydrogen-bond donors (Lipinski definition) is 1. The van der Waals surface area contributed by atoms with E-state index in [1.807, 2.05) is 42.3 Å². The lowest BCUT2D eigenvalue weighted by atomic mass is 10.0. The maximum absolute atomic E-state index is 13.5. The Kier molecular flexibility index (Phi) is 10.6. The van der Waals surface area contributed by atoms with Crippen molar-refractivity contribution >= 4 is 52.0 Å². The Morgan fingerprint density at radius 2 is 1.81 bits per heavy atom. The molecule has 1 amide bonds. The summed E-state index contributed by atoms with van der Waals surface area (Å²) < 4.78 is 0. The number of nitrogens with zero attached hydrogens (tertiary/aromatic N) is 5. The van der Waals surface area contributed by atoms with E-state index in [9.17, 15) is 9.59 Å². The first-order valence-corrected chi connectivity index (χ1v) is 14.5. The molecule has 1 fully saturated rings. The second kappa shape index (κ2) is 14.5. The number of unbranched alkanes of at least 4 members (excludes halogenated alkanes) is 1. The molecule has 218 valence electrons. The van der Waals surface area contributed by atoms with Gasteiger partial charge in [0.05, 0.1) is 22.4 Å². The molecule has 1 aliphatic heterocycles. The Bertz CT molecular complexity index is 1550. The minimum absolute atomic E-state index is 0.0396. The van der Waals surface area contributed by atoms with Crippen LogP contribution in [0.2, 0.25) is 0 Å². The predicted octanol–water partition coefficient (Wildman–Crippen LogP) is 6.15. The number of carbonyl (C=O) groups excluding carboxylic acids is 1. The van der Waals surface area contributed by atoms with Gasteiger partial charge < -0.3 is 14.9 Å². The standard InChI is InChI=1S/C33H36ClN5O3/c1-4-26(34)15-13-23(2)32-28(10-6-8-12-31(40)41)36-29-21-24(14-16-27(29)37-32)33(42)39-19-17-38(18-20-39)30-11-7-5-9-25(30)22-35-3/h4-5,7,9,11,13-16,21-22H,2,6,8,10,12,17-20H2,1,3H3,(H,40,41)/b15-13-,26-4+,35-22?. The molecule has 2 heterocycles. The molecule has 0 bridgehead atoms. The second-order valence-corrected chi connectivity index (χ2v) is 10.5. The summed E-state index contributed by atoms with van der Waals surface area (Å²) in [5.41, 5.74) is 6.02. The minimum atomic E-state index is -0.823. The number of aryl methyl sites for hydroxylation is 1. The number of para-hydroxylation sites is 1. The molecule has 0 spiro atoms. The van der Waals surface area contributed by atoms with Crippen molar-refractivity contribution in [1.29, 1.82) is 0 Å². The van der Waals surface area contributed by atoms with Crippen molar-refractivity contribution in [2.24, 2.45) is 4.99 Å². The zero-order valence-electron chi connectivity index (χ0n) is 24.1. The van der Waals surface area contributed by atoms with Gasteiger partial charge in [0.2, 0.25) is 0 Å². The van der Waals surface area contributed by atoms with E-state index < -0.39 is 5.97 Å². The van der Waals surface area contributed by atoms with Crippen molar-refractivity contribution in [3.05, 3.63) is 94.8 Å². The van der Waals surface area contributed by atoms with E-state index >= 15 is 0 Å². The number of hydrogen-bond acceptors (Lipinski definition) is 6. The largest absolute Gasteiger partial charge is 0.481 e. The highest BCUT2D eigenvalue weighted by Crippen LogP contribution is 2.25. The number of carbonyl (C=O) groups is 2. The van der Waals surface area contributed by atoms with Crippen LogP contribution in [0.15, 0.2) is 77.3 Å². The maximum Gasteiger partial charge on any atom is 0.303 e. The molecule has 0 unspecified atom stereocenters. The van der Waals surface area contributed by atoms with Gasteiger partial charge in [-0.3, -0.25) is 14.6 Å². The summed E-state index contributed by atoms with van der Waals surface area (Å²) in [6.45, 7) is 8.68. The van der Waals surface area contributed by atoms with Gasteiger partial charge in [0, 0.05) is 67.7 Å². The number of aliphatic imine (C=N–C) groups is 1. The first kappa shape index (κ1) is 30.7. The zero-order chi connectivity index (χ0) is 30.1. The number of piperazine rings is 1. The normalized spacial score (nSPS) is 14.3. The summed E-state index contributed by atoms with van der Waals surface area (Å²) in [5, 5.41) is 9.60. The highest BCUT2D eigenvalue weighted by Gasteiger charge is 2.24. The number of allylic oxidation sites excluding steroid dienone is 5. The Hall–Kier alpha value is -4.30. The highest BCUT2D eigenvalue weighted by molar-refractivity contribution is 6.31. The van der Waals surface area contributed by atoms with Crippen LogP contribution in [0.1, 0.15) is 53.5 Å². The van der Waals surface area contributed by atoms with Gasteiger partial charge in [0.15, 0.2) is 0 Å². The summed E-state index contributed by atoms with van der Waals surface area (Å²) in [5.74, 6) is -0.863. The smallest absolute Gasteiger partial charge is 0.303 e. The van der Waals surface area contributed by atoms with Crippen molar-refractivity contribution in [1.82, 2.24) is 14.9 Å². The lowest BCUT2D eigenvalue weighted by Crippen LogP contribution is -2.49. The molecule has 0 atom stereocenters. The average molecular weight is 586 g/mol. The number of rotatable bonds is 11. The summed E-state index contributed by atoms with van der Waals surface area (Å²) in [6, 6.07) is 13.6. The van der Waals surface area contributed by atoms with Crippen molar-refractivity contribution in [3.63, 3.8) is 0 Å². The zero-order valence-corrected chi connectivity index (χ0v) is 24.8. The Labute approximate surface area is 251 Å². The van der Waals surface area contributed by atoms with Crippen LogP contribution >= 0.6 is 11.6 Å². The third-order valence-electron chi connectivity index (χ3n) is 7.17. The molecule has 8 nitrogen and oxygen atoms in total. The molecule has 0 radical (unpaired) electrons. The topological polar surface area (TPSA) is 99.0 Å². The van der Waals surface area contributed by atoms with Gasteiger partial charge in [-0.1, -0.05) is 48.5 Å². The van der Waals surface area contributed by atoms with Crippen LogP contribution in [-0.2, 0) is 11.2 Å². The monoisotopic (exact) mass is 585 g/mol. The number of amides is 1. The number of carboxylic acids is 1. The van der Waals surface area contributed by atoms with Crippen molar-refractivity contribution in [3.8, 4) is 0 Å². The van der Waals surface area contributed by atoms with Gasteiger partial charge >= 0.3 is 5.97 Å². The number of aliphatic carboxylic acids is 1. The summed E-state index contributed by atoms with van der Waals surface area (Å²) in [6.07, 6.45) is 8.99. The summed E-state index contributed by atoms with van der Waals surface area (Å²) in [4.78, 5) is 42.6. The molecule has 42 heavy (non-hydrogen) atoms. The average Bonchev–Trinajstić information content (AvgIpc) is 3.01. The fourth-order valence-electron chi connectivity index (χ4n) is 4.94. The van der Waals surface area contributed by atoms with E-state index in [-0.39, 0.29) is 12.3 Å². The van der Waals surface area contributed by atoms with Crippen molar-refractivity contribution < 1.29 is 14.7 Å². The van der Waals surface area contributed by atoms with Crippen LogP contribution < -0.4 is 4.90 Å². The van der Waals surface area contributed by atoms with E-state index in [1.54, 1.807) is 37.4 Å². The van der Waals surface area contributed by atoms with Gasteiger partial charge in [-0.05, 0) is 62.1 Å². The predicted molar refractivity (Wildman–Crippen MR) is 171 cm³/mol. The molecule has 1 aromatic heterocycles. The number of halogens is 1. The first-order valence-electron chi connectivity index (χ1n) is 14.1. The lowest BCUT2D eigenvalue weighted by molar-refractivity contribution is -0.137. The third-order valence-corrected chi connectivity index (χ3v) is 7.52. The van der Waals surface area contributed by atoms with Crippen LogP contribution in [0.4, 0.5) is 5.69 Å². The van der Waals surface area contributed by atoms with E-state index in [2.05, 4.69) is 22.5 Å². The minimum Gasteiger partial charge on any atom is -0.481 e. The molecule has 3 aromatic rings. The molecule has 2 aromatic carbocycles. The van der Waals surface area contributed by atoms with Crippen LogP contribution in [0.3, 0.4) is 0 Å². The van der Waals surface area contributed by atoms with E-state index in [0.717, 1.165) is 24.3 Å². The molecule has 1 saturated heterocycles. The SMILES string of the molecule is C=C(/C=C\C(Cl)=C/C)c1nc2ccc(C(=O)N3CCN(c4ccccc4C=NC)CC3)cc2nc1CCCCC(=O)O. The fraction of sp³-hybridized carbons (Fsp3) is 0.303. The first-order chi connectivity index (χ1) is 20.3. The van der Waals surface area contributed by atoms with Gasteiger partial charge in [-0.2, -0.15) is 0 Å². The van der Waals surface area contributed by atoms with Crippen LogP contribution in [0.25, 0.3) is 16.6 Å². The fourth-order valence-corrected chi connectivity index (χ4v) is 5.00. The lowest BCUT2D eigenvalue weighted by Gasteiger charge is -2.36. The molecule has 0 saturated carbocycles. The summed E-state index contributed by atoms with van der Waals surface area (Å²) >= 11 is 6.13. The van der Waals surface area contributed by atoms with Crippen LogP contribution in [0.5, 0.6) is 0 Å². The molecule has 0 aliphatic carbocycles. The number of fused-ring (bicyclic) bond motifs is 1. The Morgan fingerprint density at radius 3 is 2.52 bits per heavy atom. The quantitative estimate of drug-likeness (QED) is 0.165. The van der Waals surface area contributed by atoms with E-state index in [0.29, 0.717) is 70.9 Å². The van der Waals surface area contributed by atoms with Crippen molar-refractivity contribution in [2.45, 2.75) is 32.6 Å². The van der Waals surface area contributed by atoms with E-state index in [4.69, 9.17) is 26.7 Å². The van der Waals surface area contributed by atoms with E-state index in [1.165, 1.54) is 0 Å².